The van der Waals surface area contributed by atoms with Gasteiger partial charge in [0.1, 0.15) is 0 Å². The van der Waals surface area contributed by atoms with E-state index in [1.165, 1.54) is 12.1 Å². The second kappa shape index (κ2) is 8.88. The van der Waals surface area contributed by atoms with Crippen LogP contribution >= 0.6 is 0 Å². The minimum atomic E-state index is -4.58. The van der Waals surface area contributed by atoms with Gasteiger partial charge in [-0.15, -0.1) is 0 Å². The van der Waals surface area contributed by atoms with Crippen molar-refractivity contribution in [1.82, 2.24) is 19.4 Å². The minimum Gasteiger partial charge on any atom is -0.339 e. The summed E-state index contributed by atoms with van der Waals surface area (Å²) in [5.41, 5.74) is 0.794. The van der Waals surface area contributed by atoms with Crippen molar-refractivity contribution in [3.63, 3.8) is 0 Å². The Morgan fingerprint density at radius 1 is 1.03 bits per heavy atom. The molecule has 1 aromatic heterocycles. The molecule has 0 saturated carbocycles. The summed E-state index contributed by atoms with van der Waals surface area (Å²) in [6, 6.07) is 4.07. The van der Waals surface area contributed by atoms with Gasteiger partial charge in [0.25, 0.3) is 5.91 Å². The highest BCUT2D eigenvalue weighted by Gasteiger charge is 2.38. The number of carbonyl (C=O) groups is 2. The highest BCUT2D eigenvalue weighted by Crippen LogP contribution is 2.34. The first-order valence-electron chi connectivity index (χ1n) is 10.6. The van der Waals surface area contributed by atoms with Crippen molar-refractivity contribution < 1.29 is 22.8 Å². The molecule has 31 heavy (non-hydrogen) atoms. The van der Waals surface area contributed by atoms with Gasteiger partial charge in [-0.3, -0.25) is 9.59 Å². The van der Waals surface area contributed by atoms with Gasteiger partial charge >= 0.3 is 6.18 Å². The number of piperazine rings is 1. The molecule has 0 atom stereocenters. The van der Waals surface area contributed by atoms with E-state index < -0.39 is 18.0 Å². The molecule has 170 valence electrons. The quantitative estimate of drug-likeness (QED) is 0.697. The maximum atomic E-state index is 13.4. The van der Waals surface area contributed by atoms with Gasteiger partial charge in [0, 0.05) is 44.2 Å². The summed E-state index contributed by atoms with van der Waals surface area (Å²) < 4.78 is 41.4. The molecule has 0 radical (unpaired) electrons. The lowest BCUT2D eigenvalue weighted by Crippen LogP contribution is -2.50. The van der Waals surface area contributed by atoms with Gasteiger partial charge in [0.15, 0.2) is 0 Å². The number of fused-ring (bicyclic) bond motifs is 1. The molecule has 0 unspecified atom stereocenters. The summed E-state index contributed by atoms with van der Waals surface area (Å²) in [4.78, 5) is 32.4. The van der Waals surface area contributed by atoms with Crippen molar-refractivity contribution in [2.75, 3.05) is 26.2 Å². The maximum absolute atomic E-state index is 13.4. The van der Waals surface area contributed by atoms with E-state index in [1.54, 1.807) is 29.7 Å². The number of hydrogen-bond acceptors (Lipinski definition) is 3. The number of aromatic nitrogens is 2. The van der Waals surface area contributed by atoms with Crippen molar-refractivity contribution >= 4 is 22.8 Å². The molecule has 0 N–H and O–H groups in total. The Labute approximate surface area is 180 Å². The first-order chi connectivity index (χ1) is 14.5. The van der Waals surface area contributed by atoms with E-state index in [-0.39, 0.29) is 17.3 Å². The molecule has 0 aliphatic carbocycles. The zero-order valence-electron chi connectivity index (χ0n) is 18.4. The number of imidazole rings is 1. The number of benzene rings is 1. The first kappa shape index (κ1) is 23.1. The zero-order valence-corrected chi connectivity index (χ0v) is 18.4. The average molecular weight is 438 g/mol. The van der Waals surface area contributed by atoms with Crippen LogP contribution in [0, 0.1) is 5.92 Å². The maximum Gasteiger partial charge on any atom is 0.449 e. The molecule has 1 fully saturated rings. The molecule has 3 rings (SSSR count). The fraction of sp³-hybridized carbons (Fsp3) is 0.591. The number of carbonyl (C=O) groups excluding carboxylic acids is 2. The number of alkyl halides is 3. The predicted octanol–water partition coefficient (Wildman–Crippen LogP) is 4.36. The standard InChI is InChI=1S/C22H29F3N4O2/c1-14(2)5-8-19(30)27-9-11-28(12-10-27)20(31)16-6-7-18-17(13-16)26-21(22(23,24)25)29(18)15(3)4/h6-7,13-15H,5,8-12H2,1-4H3. The zero-order chi connectivity index (χ0) is 22.9. The molecule has 0 spiro atoms. The van der Waals surface area contributed by atoms with Crippen molar-refractivity contribution in [1.29, 1.82) is 0 Å². The van der Waals surface area contributed by atoms with Gasteiger partial charge in [-0.25, -0.2) is 4.98 Å². The summed E-state index contributed by atoms with van der Waals surface area (Å²) in [6.07, 6.45) is -3.24. The third kappa shape index (κ3) is 5.02. The number of rotatable bonds is 5. The molecule has 2 amide bonds. The molecule has 6 nitrogen and oxygen atoms in total. The molecular formula is C22H29F3N4O2. The van der Waals surface area contributed by atoms with Gasteiger partial charge in [-0.05, 0) is 44.4 Å². The second-order valence-corrected chi connectivity index (χ2v) is 8.71. The molecule has 0 bridgehead atoms. The van der Waals surface area contributed by atoms with Crippen LogP contribution in [0.3, 0.4) is 0 Å². The van der Waals surface area contributed by atoms with Crippen LogP contribution < -0.4 is 0 Å². The van der Waals surface area contributed by atoms with E-state index in [0.29, 0.717) is 49.6 Å². The molecule has 9 heteroatoms. The molecule has 1 aromatic carbocycles. The Morgan fingerprint density at radius 3 is 2.19 bits per heavy atom. The summed E-state index contributed by atoms with van der Waals surface area (Å²) in [7, 11) is 0. The highest BCUT2D eigenvalue weighted by molar-refractivity contribution is 5.97. The van der Waals surface area contributed by atoms with E-state index in [0.717, 1.165) is 11.0 Å². The van der Waals surface area contributed by atoms with Gasteiger partial charge in [0.05, 0.1) is 11.0 Å². The molecule has 1 saturated heterocycles. The summed E-state index contributed by atoms with van der Waals surface area (Å²) in [5, 5.41) is 0. The van der Waals surface area contributed by atoms with Crippen LogP contribution in [0.4, 0.5) is 13.2 Å². The summed E-state index contributed by atoms with van der Waals surface area (Å²) >= 11 is 0. The number of amides is 2. The van der Waals surface area contributed by atoms with Crippen LogP contribution in [0.25, 0.3) is 11.0 Å². The minimum absolute atomic E-state index is 0.0983. The fourth-order valence-electron chi connectivity index (χ4n) is 3.87. The fourth-order valence-corrected chi connectivity index (χ4v) is 3.87. The Kier molecular flexibility index (Phi) is 6.62. The Balaban J connectivity index is 1.74. The highest BCUT2D eigenvalue weighted by atomic mass is 19.4. The normalized spacial score (nSPS) is 15.4. The lowest BCUT2D eigenvalue weighted by Gasteiger charge is -2.35. The van der Waals surface area contributed by atoms with Crippen molar-refractivity contribution in [3.05, 3.63) is 29.6 Å². The van der Waals surface area contributed by atoms with Crippen LogP contribution in [0.5, 0.6) is 0 Å². The summed E-state index contributed by atoms with van der Waals surface area (Å²) in [5.74, 6) is -0.667. The van der Waals surface area contributed by atoms with Crippen LogP contribution in [0.2, 0.25) is 0 Å². The predicted molar refractivity (Wildman–Crippen MR) is 112 cm³/mol. The van der Waals surface area contributed by atoms with Crippen LogP contribution in [0.1, 0.15) is 62.8 Å². The lowest BCUT2D eigenvalue weighted by atomic mass is 10.1. The lowest BCUT2D eigenvalue weighted by molar-refractivity contribution is -0.147. The van der Waals surface area contributed by atoms with Gasteiger partial charge in [-0.1, -0.05) is 13.8 Å². The van der Waals surface area contributed by atoms with E-state index in [4.69, 9.17) is 0 Å². The number of nitrogens with zero attached hydrogens (tertiary/aromatic N) is 4. The largest absolute Gasteiger partial charge is 0.449 e. The van der Waals surface area contributed by atoms with E-state index in [9.17, 15) is 22.8 Å². The molecule has 1 aliphatic heterocycles. The molecule has 1 aliphatic rings. The monoisotopic (exact) mass is 438 g/mol. The third-order valence-electron chi connectivity index (χ3n) is 5.56. The van der Waals surface area contributed by atoms with Crippen molar-refractivity contribution in [3.8, 4) is 0 Å². The summed E-state index contributed by atoms with van der Waals surface area (Å²) in [6.45, 7) is 9.20. The third-order valence-corrected chi connectivity index (χ3v) is 5.56. The van der Waals surface area contributed by atoms with E-state index in [1.807, 2.05) is 0 Å². The van der Waals surface area contributed by atoms with Crippen molar-refractivity contribution in [2.24, 2.45) is 5.92 Å². The van der Waals surface area contributed by atoms with E-state index >= 15 is 0 Å². The van der Waals surface area contributed by atoms with Gasteiger partial charge in [-0.2, -0.15) is 13.2 Å². The average Bonchev–Trinajstić information content (AvgIpc) is 3.11. The number of hydrogen-bond donors (Lipinski definition) is 0. The smallest absolute Gasteiger partial charge is 0.339 e. The number of halogens is 3. The van der Waals surface area contributed by atoms with Gasteiger partial charge in [0.2, 0.25) is 11.7 Å². The van der Waals surface area contributed by atoms with Gasteiger partial charge < -0.3 is 14.4 Å². The second-order valence-electron chi connectivity index (χ2n) is 8.71. The SMILES string of the molecule is CC(C)CCC(=O)N1CCN(C(=O)c2ccc3c(c2)nc(C(F)(F)F)n3C(C)C)CC1. The van der Waals surface area contributed by atoms with Crippen LogP contribution in [0.15, 0.2) is 18.2 Å². The van der Waals surface area contributed by atoms with Crippen molar-refractivity contribution in [2.45, 2.75) is 52.8 Å². The first-order valence-corrected chi connectivity index (χ1v) is 10.6. The molecule has 2 aromatic rings. The Hall–Kier alpha value is -2.58. The van der Waals surface area contributed by atoms with Crippen LogP contribution in [-0.4, -0.2) is 57.3 Å². The Bertz CT molecular complexity index is 958. The molecular weight excluding hydrogens is 409 g/mol. The van der Waals surface area contributed by atoms with Crippen LogP contribution in [-0.2, 0) is 11.0 Å². The Morgan fingerprint density at radius 2 is 1.65 bits per heavy atom. The topological polar surface area (TPSA) is 58.4 Å². The van der Waals surface area contributed by atoms with E-state index in [2.05, 4.69) is 18.8 Å². The molecule has 2 heterocycles.